The predicted octanol–water partition coefficient (Wildman–Crippen LogP) is 3.07. The molecule has 0 radical (unpaired) electrons. The minimum Gasteiger partial charge on any atom is -0.495 e. The van der Waals surface area contributed by atoms with Gasteiger partial charge < -0.3 is 9.47 Å². The predicted molar refractivity (Wildman–Crippen MR) is 85.7 cm³/mol. The van der Waals surface area contributed by atoms with E-state index < -0.39 is 0 Å². The smallest absolute Gasteiger partial charge is 0.141 e. The molecule has 112 valence electrons. The van der Waals surface area contributed by atoms with Crippen molar-refractivity contribution in [2.75, 3.05) is 14.2 Å². The second-order valence-electron chi connectivity index (χ2n) is 4.22. The van der Waals surface area contributed by atoms with E-state index in [2.05, 4.69) is 26.3 Å². The molecule has 1 aromatic carbocycles. The number of hydrogen-bond acceptors (Lipinski definition) is 5. The molecule has 0 aliphatic rings. The molecule has 0 saturated carbocycles. The van der Waals surface area contributed by atoms with Gasteiger partial charge in [-0.25, -0.2) is 10.4 Å². The molecule has 21 heavy (non-hydrogen) atoms. The van der Waals surface area contributed by atoms with Gasteiger partial charge in [-0.05, 0) is 45.8 Å². The largest absolute Gasteiger partial charge is 0.495 e. The van der Waals surface area contributed by atoms with Gasteiger partial charge in [0.15, 0.2) is 0 Å². The Balaban J connectivity index is 2.55. The van der Waals surface area contributed by atoms with Crippen LogP contribution in [0.5, 0.6) is 11.5 Å². The summed E-state index contributed by atoms with van der Waals surface area (Å²) >= 11 is 9.43. The van der Waals surface area contributed by atoms with Crippen LogP contribution in [0.3, 0.4) is 0 Å². The van der Waals surface area contributed by atoms with Gasteiger partial charge in [0.05, 0.1) is 20.3 Å². The summed E-state index contributed by atoms with van der Waals surface area (Å²) in [6.45, 7) is 0. The van der Waals surface area contributed by atoms with Crippen LogP contribution in [0.2, 0.25) is 5.15 Å². The Hall–Kier alpha value is -1.34. The molecule has 1 heterocycles. The Labute approximate surface area is 136 Å². The maximum atomic E-state index is 5.95. The number of nitrogens with two attached hydrogens (primary N) is 1. The number of benzene rings is 1. The van der Waals surface area contributed by atoms with E-state index in [1.54, 1.807) is 26.5 Å². The SMILES string of the molecule is COc1ccc(C(NN)c2ccnc(Cl)c2)c(OC)c1Br. The van der Waals surface area contributed by atoms with E-state index in [1.165, 1.54) is 0 Å². The first-order valence-electron chi connectivity index (χ1n) is 6.10. The molecule has 0 fully saturated rings. The van der Waals surface area contributed by atoms with Gasteiger partial charge in [-0.15, -0.1) is 0 Å². The van der Waals surface area contributed by atoms with Crippen molar-refractivity contribution in [1.29, 1.82) is 0 Å². The van der Waals surface area contributed by atoms with Crippen LogP contribution in [0.1, 0.15) is 17.2 Å². The normalized spacial score (nSPS) is 12.0. The molecule has 7 heteroatoms. The second-order valence-corrected chi connectivity index (χ2v) is 5.40. The summed E-state index contributed by atoms with van der Waals surface area (Å²) < 4.78 is 11.5. The zero-order chi connectivity index (χ0) is 15.4. The average Bonchev–Trinajstić information content (AvgIpc) is 2.48. The van der Waals surface area contributed by atoms with Gasteiger partial charge in [-0.2, -0.15) is 0 Å². The Morgan fingerprint density at radius 3 is 2.62 bits per heavy atom. The van der Waals surface area contributed by atoms with Crippen molar-refractivity contribution in [3.63, 3.8) is 0 Å². The molecule has 3 N–H and O–H groups in total. The molecule has 0 aliphatic heterocycles. The van der Waals surface area contributed by atoms with Crippen LogP contribution in [0.25, 0.3) is 0 Å². The number of rotatable bonds is 5. The highest BCUT2D eigenvalue weighted by atomic mass is 79.9. The number of halogens is 2. The molecule has 0 saturated heterocycles. The molecule has 0 spiro atoms. The number of aromatic nitrogens is 1. The lowest BCUT2D eigenvalue weighted by Crippen LogP contribution is -2.29. The lowest BCUT2D eigenvalue weighted by molar-refractivity contribution is 0.383. The Bertz CT molecular complexity index is 640. The van der Waals surface area contributed by atoms with Crippen molar-refractivity contribution in [2.45, 2.75) is 6.04 Å². The Morgan fingerprint density at radius 1 is 1.29 bits per heavy atom. The molecule has 0 amide bonds. The van der Waals surface area contributed by atoms with Crippen LogP contribution in [0.4, 0.5) is 0 Å². The molecule has 1 atom stereocenters. The minimum atomic E-state index is -0.289. The maximum absolute atomic E-state index is 5.95. The Kier molecular flexibility index (Phi) is 5.41. The summed E-state index contributed by atoms with van der Waals surface area (Å²) in [4.78, 5) is 3.97. The third-order valence-electron chi connectivity index (χ3n) is 3.08. The van der Waals surface area contributed by atoms with E-state index >= 15 is 0 Å². The number of methoxy groups -OCH3 is 2. The van der Waals surface area contributed by atoms with E-state index in [4.69, 9.17) is 26.9 Å². The van der Waals surface area contributed by atoms with E-state index in [0.717, 1.165) is 15.6 Å². The van der Waals surface area contributed by atoms with E-state index in [9.17, 15) is 0 Å². The highest BCUT2D eigenvalue weighted by molar-refractivity contribution is 9.10. The molecule has 0 bridgehead atoms. The second kappa shape index (κ2) is 7.09. The molecule has 2 rings (SSSR count). The third-order valence-corrected chi connectivity index (χ3v) is 4.04. The standard InChI is InChI=1S/C14H15BrClN3O2/c1-20-10-4-3-9(14(21-2)12(10)15)13(19-17)8-5-6-18-11(16)7-8/h3-7,13,19H,17H2,1-2H3. The fourth-order valence-corrected chi connectivity index (χ4v) is 2.98. The van der Waals surface area contributed by atoms with Gasteiger partial charge in [0.1, 0.15) is 21.1 Å². The summed E-state index contributed by atoms with van der Waals surface area (Å²) in [6.07, 6.45) is 1.63. The van der Waals surface area contributed by atoms with Gasteiger partial charge >= 0.3 is 0 Å². The number of hydrogen-bond donors (Lipinski definition) is 2. The van der Waals surface area contributed by atoms with Crippen LogP contribution in [-0.4, -0.2) is 19.2 Å². The van der Waals surface area contributed by atoms with E-state index in [1.807, 2.05) is 18.2 Å². The van der Waals surface area contributed by atoms with Crippen LogP contribution in [0.15, 0.2) is 34.9 Å². The van der Waals surface area contributed by atoms with Crippen LogP contribution < -0.4 is 20.7 Å². The van der Waals surface area contributed by atoms with Crippen molar-refractivity contribution in [1.82, 2.24) is 10.4 Å². The summed E-state index contributed by atoms with van der Waals surface area (Å²) in [7, 11) is 3.19. The summed E-state index contributed by atoms with van der Waals surface area (Å²) in [5.41, 5.74) is 4.51. The van der Waals surface area contributed by atoms with Gasteiger partial charge in [0.25, 0.3) is 0 Å². The maximum Gasteiger partial charge on any atom is 0.141 e. The monoisotopic (exact) mass is 371 g/mol. The highest BCUT2D eigenvalue weighted by Crippen LogP contribution is 2.41. The van der Waals surface area contributed by atoms with Crippen molar-refractivity contribution in [2.24, 2.45) is 5.84 Å². The lowest BCUT2D eigenvalue weighted by atomic mass is 9.99. The number of nitrogens with one attached hydrogen (secondary N) is 1. The fourth-order valence-electron chi connectivity index (χ4n) is 2.11. The van der Waals surface area contributed by atoms with Crippen molar-refractivity contribution < 1.29 is 9.47 Å². The van der Waals surface area contributed by atoms with Gasteiger partial charge in [0, 0.05) is 11.8 Å². The average molecular weight is 373 g/mol. The van der Waals surface area contributed by atoms with Crippen LogP contribution in [0, 0.1) is 0 Å². The highest BCUT2D eigenvalue weighted by Gasteiger charge is 2.21. The minimum absolute atomic E-state index is 0.289. The van der Waals surface area contributed by atoms with E-state index in [0.29, 0.717) is 16.7 Å². The lowest BCUT2D eigenvalue weighted by Gasteiger charge is -2.21. The number of ether oxygens (including phenoxy) is 2. The summed E-state index contributed by atoms with van der Waals surface area (Å²) in [6, 6.07) is 7.04. The van der Waals surface area contributed by atoms with Gasteiger partial charge in [0.2, 0.25) is 0 Å². The van der Waals surface area contributed by atoms with Crippen LogP contribution in [-0.2, 0) is 0 Å². The number of nitrogens with zero attached hydrogens (tertiary/aromatic N) is 1. The van der Waals surface area contributed by atoms with Gasteiger partial charge in [-0.1, -0.05) is 11.6 Å². The molecule has 1 aromatic heterocycles. The first-order valence-corrected chi connectivity index (χ1v) is 7.27. The zero-order valence-electron chi connectivity index (χ0n) is 11.6. The summed E-state index contributed by atoms with van der Waals surface area (Å²) in [5.74, 6) is 7.04. The zero-order valence-corrected chi connectivity index (χ0v) is 13.9. The van der Waals surface area contributed by atoms with Crippen molar-refractivity contribution in [3.05, 3.63) is 51.2 Å². The molecular weight excluding hydrogens is 358 g/mol. The quantitative estimate of drug-likeness (QED) is 0.479. The van der Waals surface area contributed by atoms with Crippen molar-refractivity contribution in [3.8, 4) is 11.5 Å². The topological polar surface area (TPSA) is 69.4 Å². The van der Waals surface area contributed by atoms with Crippen molar-refractivity contribution >= 4 is 27.5 Å². The molecule has 1 unspecified atom stereocenters. The number of pyridine rings is 1. The fraction of sp³-hybridized carbons (Fsp3) is 0.214. The molecule has 0 aliphatic carbocycles. The first kappa shape index (κ1) is 16.0. The molecular formula is C14H15BrClN3O2. The van der Waals surface area contributed by atoms with Gasteiger partial charge in [-0.3, -0.25) is 5.84 Å². The van der Waals surface area contributed by atoms with Crippen LogP contribution >= 0.6 is 27.5 Å². The van der Waals surface area contributed by atoms with E-state index in [-0.39, 0.29) is 6.04 Å². The molecule has 5 nitrogen and oxygen atoms in total. The summed E-state index contributed by atoms with van der Waals surface area (Å²) in [5, 5.41) is 0.402. The third kappa shape index (κ3) is 3.29. The first-order chi connectivity index (χ1) is 10.1. The molecule has 2 aromatic rings. The Morgan fingerprint density at radius 2 is 2.05 bits per heavy atom. The number of hydrazine groups is 1.